The van der Waals surface area contributed by atoms with Gasteiger partial charge in [0.25, 0.3) is 0 Å². The minimum absolute atomic E-state index is 0.465. The van der Waals surface area contributed by atoms with E-state index in [2.05, 4.69) is 68.3 Å². The summed E-state index contributed by atoms with van der Waals surface area (Å²) in [6.45, 7) is 4.72. The maximum atomic E-state index is 3.55. The molecule has 0 amide bonds. The summed E-state index contributed by atoms with van der Waals surface area (Å²) in [5.41, 5.74) is 1.43. The second-order valence-electron chi connectivity index (χ2n) is 5.93. The van der Waals surface area contributed by atoms with Crippen LogP contribution in [0.2, 0.25) is 0 Å². The first kappa shape index (κ1) is 14.9. The average molecular weight is 277 g/mol. The largest absolute Gasteiger partial charge is 0.312 e. The molecule has 0 spiro atoms. The van der Waals surface area contributed by atoms with E-state index in [0.717, 1.165) is 5.25 Å². The van der Waals surface area contributed by atoms with Crippen molar-refractivity contribution in [3.05, 3.63) is 35.9 Å². The van der Waals surface area contributed by atoms with Gasteiger partial charge in [-0.05, 0) is 31.4 Å². The van der Waals surface area contributed by atoms with Crippen LogP contribution in [0.1, 0.15) is 51.1 Å². The quantitative estimate of drug-likeness (QED) is 0.812. The molecule has 2 rings (SSSR count). The Morgan fingerprint density at radius 1 is 1.11 bits per heavy atom. The topological polar surface area (TPSA) is 12.0 Å². The molecule has 1 saturated carbocycles. The van der Waals surface area contributed by atoms with Gasteiger partial charge in [0.15, 0.2) is 0 Å². The Morgan fingerprint density at radius 3 is 2.26 bits per heavy atom. The van der Waals surface area contributed by atoms with Crippen molar-refractivity contribution in [1.82, 2.24) is 5.32 Å². The van der Waals surface area contributed by atoms with Crippen molar-refractivity contribution in [2.45, 2.75) is 56.1 Å². The standard InChI is InChI=1S/C17H27NS/c1-13(2)17(19-15-11-7-8-12-15)16(18-3)14-9-5-4-6-10-14/h4-6,9-10,13,15-18H,7-8,11-12H2,1-3H3. The van der Waals surface area contributed by atoms with Crippen molar-refractivity contribution in [3.8, 4) is 0 Å². The molecule has 0 radical (unpaired) electrons. The molecule has 0 saturated heterocycles. The van der Waals surface area contributed by atoms with Crippen LogP contribution in [0.3, 0.4) is 0 Å². The molecule has 0 heterocycles. The van der Waals surface area contributed by atoms with Gasteiger partial charge >= 0.3 is 0 Å². The van der Waals surface area contributed by atoms with Crippen LogP contribution >= 0.6 is 11.8 Å². The Kier molecular flexibility index (Phi) is 5.77. The Labute approximate surface area is 122 Å². The number of hydrogen-bond acceptors (Lipinski definition) is 2. The number of benzene rings is 1. The van der Waals surface area contributed by atoms with E-state index in [0.29, 0.717) is 17.2 Å². The van der Waals surface area contributed by atoms with E-state index in [1.54, 1.807) is 0 Å². The first-order valence-corrected chi connectivity index (χ1v) is 8.54. The predicted octanol–water partition coefficient (Wildman–Crippen LogP) is 4.65. The summed E-state index contributed by atoms with van der Waals surface area (Å²) in [6.07, 6.45) is 5.69. The molecular weight excluding hydrogens is 250 g/mol. The maximum Gasteiger partial charge on any atom is 0.0440 e. The molecule has 1 fully saturated rings. The monoisotopic (exact) mass is 277 g/mol. The van der Waals surface area contributed by atoms with Crippen molar-refractivity contribution in [1.29, 1.82) is 0 Å². The predicted molar refractivity (Wildman–Crippen MR) is 86.7 cm³/mol. The van der Waals surface area contributed by atoms with E-state index >= 15 is 0 Å². The summed E-state index contributed by atoms with van der Waals surface area (Å²) in [4.78, 5) is 0. The van der Waals surface area contributed by atoms with Crippen molar-refractivity contribution in [2.24, 2.45) is 5.92 Å². The van der Waals surface area contributed by atoms with Crippen LogP contribution in [0, 0.1) is 5.92 Å². The van der Waals surface area contributed by atoms with Gasteiger partial charge in [0.1, 0.15) is 0 Å². The number of thioether (sulfide) groups is 1. The van der Waals surface area contributed by atoms with Crippen LogP contribution in [-0.4, -0.2) is 17.5 Å². The SMILES string of the molecule is CNC(c1ccccc1)C(SC1CCCC1)C(C)C. The molecule has 106 valence electrons. The summed E-state index contributed by atoms with van der Waals surface area (Å²) >= 11 is 2.23. The third kappa shape index (κ3) is 4.00. The third-order valence-electron chi connectivity index (χ3n) is 4.11. The molecule has 1 aliphatic rings. The number of nitrogens with one attached hydrogen (secondary N) is 1. The van der Waals surface area contributed by atoms with Crippen molar-refractivity contribution in [2.75, 3.05) is 7.05 Å². The van der Waals surface area contributed by atoms with Crippen LogP contribution in [0.15, 0.2) is 30.3 Å². The lowest BCUT2D eigenvalue weighted by atomic mass is 9.96. The van der Waals surface area contributed by atoms with Crippen molar-refractivity contribution >= 4 is 11.8 Å². The molecule has 1 nitrogen and oxygen atoms in total. The summed E-state index contributed by atoms with van der Waals surface area (Å²) in [5.74, 6) is 0.697. The van der Waals surface area contributed by atoms with Crippen LogP contribution in [-0.2, 0) is 0 Å². The number of rotatable bonds is 6. The normalized spacial score (nSPS) is 19.8. The van der Waals surface area contributed by atoms with Crippen molar-refractivity contribution in [3.63, 3.8) is 0 Å². The minimum Gasteiger partial charge on any atom is -0.312 e. The highest BCUT2D eigenvalue weighted by atomic mass is 32.2. The van der Waals surface area contributed by atoms with E-state index in [1.165, 1.54) is 31.2 Å². The smallest absolute Gasteiger partial charge is 0.0440 e. The fourth-order valence-electron chi connectivity index (χ4n) is 3.05. The van der Waals surface area contributed by atoms with Crippen LogP contribution in [0.25, 0.3) is 0 Å². The number of hydrogen-bond donors (Lipinski definition) is 1. The van der Waals surface area contributed by atoms with Crippen LogP contribution < -0.4 is 5.32 Å². The second kappa shape index (κ2) is 7.35. The van der Waals surface area contributed by atoms with Crippen LogP contribution in [0.5, 0.6) is 0 Å². The van der Waals surface area contributed by atoms with E-state index in [4.69, 9.17) is 0 Å². The first-order valence-electron chi connectivity index (χ1n) is 7.60. The van der Waals surface area contributed by atoms with Gasteiger partial charge < -0.3 is 5.32 Å². The molecule has 1 aromatic carbocycles. The Bertz CT molecular complexity index is 357. The molecule has 0 bridgehead atoms. The van der Waals surface area contributed by atoms with Crippen molar-refractivity contribution < 1.29 is 0 Å². The highest BCUT2D eigenvalue weighted by Crippen LogP contribution is 2.40. The Hall–Kier alpha value is -0.470. The van der Waals surface area contributed by atoms with E-state index < -0.39 is 0 Å². The molecule has 1 aliphatic carbocycles. The summed E-state index contributed by atoms with van der Waals surface area (Å²) in [5, 5.41) is 5.10. The molecule has 0 aromatic heterocycles. The van der Waals surface area contributed by atoms with Crippen LogP contribution in [0.4, 0.5) is 0 Å². The maximum absolute atomic E-state index is 3.55. The Morgan fingerprint density at radius 2 is 1.74 bits per heavy atom. The molecule has 1 aromatic rings. The summed E-state index contributed by atoms with van der Waals surface area (Å²) in [7, 11) is 2.10. The lowest BCUT2D eigenvalue weighted by Gasteiger charge is -2.32. The fourth-order valence-corrected chi connectivity index (χ4v) is 4.86. The molecule has 0 aliphatic heterocycles. The Balaban J connectivity index is 2.11. The van der Waals surface area contributed by atoms with Gasteiger partial charge in [-0.3, -0.25) is 0 Å². The van der Waals surface area contributed by atoms with Gasteiger partial charge in [-0.15, -0.1) is 0 Å². The molecule has 1 N–H and O–H groups in total. The minimum atomic E-state index is 0.465. The zero-order chi connectivity index (χ0) is 13.7. The lowest BCUT2D eigenvalue weighted by molar-refractivity contribution is 0.471. The lowest BCUT2D eigenvalue weighted by Crippen LogP contribution is -2.32. The molecule has 2 atom stereocenters. The van der Waals surface area contributed by atoms with E-state index in [9.17, 15) is 0 Å². The average Bonchev–Trinajstić information content (AvgIpc) is 2.92. The van der Waals surface area contributed by atoms with Gasteiger partial charge in [-0.25, -0.2) is 0 Å². The van der Waals surface area contributed by atoms with E-state index in [-0.39, 0.29) is 0 Å². The van der Waals surface area contributed by atoms with Gasteiger partial charge in [0.2, 0.25) is 0 Å². The van der Waals surface area contributed by atoms with E-state index in [1.807, 2.05) is 0 Å². The summed E-state index contributed by atoms with van der Waals surface area (Å²) < 4.78 is 0. The van der Waals surface area contributed by atoms with Gasteiger partial charge in [-0.1, -0.05) is 57.0 Å². The van der Waals surface area contributed by atoms with Gasteiger partial charge in [0.05, 0.1) is 0 Å². The summed E-state index contributed by atoms with van der Waals surface area (Å²) in [6, 6.07) is 11.4. The second-order valence-corrected chi connectivity index (χ2v) is 7.41. The highest BCUT2D eigenvalue weighted by Gasteiger charge is 2.29. The van der Waals surface area contributed by atoms with Gasteiger partial charge in [0, 0.05) is 16.5 Å². The zero-order valence-corrected chi connectivity index (χ0v) is 13.2. The third-order valence-corrected chi connectivity index (χ3v) is 6.09. The molecule has 2 heteroatoms. The molecule has 19 heavy (non-hydrogen) atoms. The first-order chi connectivity index (χ1) is 9.22. The zero-order valence-electron chi connectivity index (χ0n) is 12.4. The highest BCUT2D eigenvalue weighted by molar-refractivity contribution is 8.00. The fraction of sp³-hybridized carbons (Fsp3) is 0.647. The molecular formula is C17H27NS. The van der Waals surface area contributed by atoms with Gasteiger partial charge in [-0.2, -0.15) is 11.8 Å². The molecule has 2 unspecified atom stereocenters.